The minimum Gasteiger partial charge on any atom is -0.444 e. The first kappa shape index (κ1) is 20.1. The summed E-state index contributed by atoms with van der Waals surface area (Å²) in [6, 6.07) is 0. The van der Waals surface area contributed by atoms with Crippen LogP contribution in [0.15, 0.2) is 11.5 Å². The van der Waals surface area contributed by atoms with Gasteiger partial charge in [-0.2, -0.15) is 0 Å². The third-order valence-electron chi connectivity index (χ3n) is 1.52. The molecule has 0 aliphatic rings. The number of rotatable bonds is 1. The zero-order valence-electron chi connectivity index (χ0n) is 11.8. The second-order valence-electron chi connectivity index (χ2n) is 6.04. The van der Waals surface area contributed by atoms with Gasteiger partial charge in [0.1, 0.15) is 0 Å². The van der Waals surface area contributed by atoms with Gasteiger partial charge >= 0.3 is 58.4 Å². The Labute approximate surface area is 145 Å². The van der Waals surface area contributed by atoms with Crippen LogP contribution in [0.2, 0.25) is 0 Å². The van der Waals surface area contributed by atoms with E-state index in [0.29, 0.717) is 0 Å². The molecule has 5 heteroatoms. The van der Waals surface area contributed by atoms with E-state index in [9.17, 15) is 12.9 Å². The molecule has 0 spiro atoms. The van der Waals surface area contributed by atoms with Crippen LogP contribution in [0.4, 0.5) is 12.9 Å². The molecule has 0 unspecified atom stereocenters. The monoisotopic (exact) mass is 270 g/mol. The van der Waals surface area contributed by atoms with Gasteiger partial charge < -0.3 is 12.9 Å². The average Bonchev–Trinajstić information content (AvgIpc) is 1.91. The summed E-state index contributed by atoms with van der Waals surface area (Å²) in [5.74, 6) is 4.90. The molecule has 0 bridgehead atoms. The van der Waals surface area contributed by atoms with E-state index in [-0.39, 0.29) is 51.4 Å². The number of halogens is 3. The molecule has 0 aromatic heterocycles. The molecule has 17 heavy (non-hydrogen) atoms. The third-order valence-corrected chi connectivity index (χ3v) is 1.52. The topological polar surface area (TPSA) is 0 Å². The standard InChI is InChI=1S/C12H19BF3.K/c1-11(2,3)8-7-10(13(14,15)16)9-12(4,5)6;/h9H,1-6H3;/q-1;+1/b10-9+;. The molecular weight excluding hydrogens is 251 g/mol. The Morgan fingerprint density at radius 2 is 1.41 bits per heavy atom. The van der Waals surface area contributed by atoms with Crippen LogP contribution in [-0.4, -0.2) is 6.98 Å². The van der Waals surface area contributed by atoms with Crippen LogP contribution in [0.1, 0.15) is 41.5 Å². The summed E-state index contributed by atoms with van der Waals surface area (Å²) >= 11 is 0. The molecule has 0 aliphatic heterocycles. The Balaban J connectivity index is 0. The third kappa shape index (κ3) is 11.6. The fourth-order valence-electron chi connectivity index (χ4n) is 0.939. The zero-order valence-corrected chi connectivity index (χ0v) is 14.9. The quantitative estimate of drug-likeness (QED) is 0.499. The van der Waals surface area contributed by atoms with Crippen LogP contribution < -0.4 is 51.4 Å². The van der Waals surface area contributed by atoms with Gasteiger partial charge in [0.2, 0.25) is 0 Å². The molecule has 0 rings (SSSR count). The van der Waals surface area contributed by atoms with E-state index in [1.54, 1.807) is 41.5 Å². The predicted molar refractivity (Wildman–Crippen MR) is 63.8 cm³/mol. The van der Waals surface area contributed by atoms with Crippen molar-refractivity contribution in [3.63, 3.8) is 0 Å². The van der Waals surface area contributed by atoms with Gasteiger partial charge in [0.15, 0.2) is 0 Å². The summed E-state index contributed by atoms with van der Waals surface area (Å²) in [4.78, 5) is 0. The molecule has 92 valence electrons. The van der Waals surface area contributed by atoms with Crippen LogP contribution in [0.25, 0.3) is 0 Å². The summed E-state index contributed by atoms with van der Waals surface area (Å²) in [6.45, 7) is 5.54. The normalized spacial score (nSPS) is 13.6. The molecule has 0 radical (unpaired) electrons. The van der Waals surface area contributed by atoms with Gasteiger partial charge in [-0.25, -0.2) is 0 Å². The van der Waals surface area contributed by atoms with Crippen LogP contribution >= 0.6 is 0 Å². The van der Waals surface area contributed by atoms with Crippen LogP contribution in [0, 0.1) is 22.7 Å². The van der Waals surface area contributed by atoms with Crippen molar-refractivity contribution in [1.82, 2.24) is 0 Å². The number of hydrogen-bond acceptors (Lipinski definition) is 0. The second-order valence-corrected chi connectivity index (χ2v) is 6.04. The van der Waals surface area contributed by atoms with Gasteiger partial charge in [0.05, 0.1) is 0 Å². The fourth-order valence-corrected chi connectivity index (χ4v) is 0.939. The summed E-state index contributed by atoms with van der Waals surface area (Å²) in [5, 5.41) is 0. The molecular formula is C12H19BF3K. The van der Waals surface area contributed by atoms with Gasteiger partial charge in [0.25, 0.3) is 0 Å². The first-order chi connectivity index (χ1) is 6.81. The number of allylic oxidation sites excluding steroid dienone is 2. The van der Waals surface area contributed by atoms with Gasteiger partial charge in [-0.1, -0.05) is 38.2 Å². The van der Waals surface area contributed by atoms with Gasteiger partial charge in [-0.3, -0.25) is 0 Å². The van der Waals surface area contributed by atoms with E-state index in [1.165, 1.54) is 6.08 Å². The summed E-state index contributed by atoms with van der Waals surface area (Å²) < 4.78 is 38.2. The molecule has 0 atom stereocenters. The molecule has 0 nitrogen and oxygen atoms in total. The molecule has 0 saturated heterocycles. The maximum absolute atomic E-state index is 12.7. The van der Waals surface area contributed by atoms with E-state index in [1.807, 2.05) is 0 Å². The Bertz CT molecular complexity index is 332. The van der Waals surface area contributed by atoms with Crippen molar-refractivity contribution in [1.29, 1.82) is 0 Å². The van der Waals surface area contributed by atoms with Gasteiger partial charge in [0, 0.05) is 5.41 Å². The Hall–Kier alpha value is 0.791. The molecule has 0 saturated carbocycles. The van der Waals surface area contributed by atoms with E-state index in [2.05, 4.69) is 11.8 Å². The maximum atomic E-state index is 12.7. The molecule has 0 aromatic carbocycles. The Kier molecular flexibility index (Phi) is 8.06. The predicted octanol–water partition coefficient (Wildman–Crippen LogP) is 1.40. The first-order valence-corrected chi connectivity index (χ1v) is 5.27. The van der Waals surface area contributed by atoms with E-state index >= 15 is 0 Å². The molecule has 0 N–H and O–H groups in total. The first-order valence-electron chi connectivity index (χ1n) is 5.27. The molecule has 0 heterocycles. The van der Waals surface area contributed by atoms with Crippen molar-refractivity contribution < 1.29 is 64.3 Å². The Morgan fingerprint density at radius 3 is 1.65 bits per heavy atom. The van der Waals surface area contributed by atoms with Crippen LogP contribution in [-0.2, 0) is 0 Å². The fraction of sp³-hybridized carbons (Fsp3) is 0.667. The molecule has 0 amide bonds. The maximum Gasteiger partial charge on any atom is 1.00 e. The minimum atomic E-state index is -5.02. The van der Waals surface area contributed by atoms with Crippen LogP contribution in [0.5, 0.6) is 0 Å². The second kappa shape index (κ2) is 6.81. The van der Waals surface area contributed by atoms with Gasteiger partial charge in [-0.15, -0.1) is 5.92 Å². The van der Waals surface area contributed by atoms with E-state index in [4.69, 9.17) is 0 Å². The van der Waals surface area contributed by atoms with Crippen molar-refractivity contribution in [2.75, 3.05) is 0 Å². The minimum absolute atomic E-state index is 0. The summed E-state index contributed by atoms with van der Waals surface area (Å²) in [6.07, 6.45) is 1.20. The van der Waals surface area contributed by atoms with Crippen molar-refractivity contribution in [2.45, 2.75) is 41.5 Å². The summed E-state index contributed by atoms with van der Waals surface area (Å²) in [5.41, 5.74) is -1.63. The van der Waals surface area contributed by atoms with Crippen molar-refractivity contribution in [3.8, 4) is 11.8 Å². The van der Waals surface area contributed by atoms with Crippen molar-refractivity contribution >= 4 is 6.98 Å². The van der Waals surface area contributed by atoms with E-state index in [0.717, 1.165) is 0 Å². The molecule has 0 aliphatic carbocycles. The smallest absolute Gasteiger partial charge is 0.444 e. The van der Waals surface area contributed by atoms with Crippen molar-refractivity contribution in [3.05, 3.63) is 11.5 Å². The van der Waals surface area contributed by atoms with Gasteiger partial charge in [-0.05, 0) is 26.2 Å². The Morgan fingerprint density at radius 1 is 1.00 bits per heavy atom. The molecule has 0 aromatic rings. The van der Waals surface area contributed by atoms with E-state index < -0.39 is 23.3 Å². The largest absolute Gasteiger partial charge is 1.00 e. The summed E-state index contributed by atoms with van der Waals surface area (Å²) in [7, 11) is 0. The number of hydrogen-bond donors (Lipinski definition) is 0. The SMILES string of the molecule is CC(C)(C)C#C/C(=C\C(C)(C)C)[B-](F)(F)F.[K+]. The zero-order chi connectivity index (χ0) is 13.2. The molecule has 0 fully saturated rings. The average molecular weight is 270 g/mol. The van der Waals surface area contributed by atoms with Crippen molar-refractivity contribution in [2.24, 2.45) is 10.8 Å². The van der Waals surface area contributed by atoms with Crippen LogP contribution in [0.3, 0.4) is 0 Å².